The van der Waals surface area contributed by atoms with Crippen LogP contribution in [0.15, 0.2) is 54.6 Å². The largest absolute Gasteiger partial charge is 0.353 e. The molecule has 2 aromatic carbocycles. The number of benzene rings is 2. The molecule has 8 heteroatoms. The molecule has 0 spiro atoms. The molecule has 0 aromatic heterocycles. The molecule has 0 fully saturated rings. The van der Waals surface area contributed by atoms with Crippen LogP contribution in [0.1, 0.15) is 5.56 Å². The van der Waals surface area contributed by atoms with E-state index in [1.165, 1.54) is 9.80 Å². The molecule has 1 aliphatic rings. The van der Waals surface area contributed by atoms with Gasteiger partial charge in [-0.1, -0.05) is 42.5 Å². The van der Waals surface area contributed by atoms with Crippen LogP contribution in [0.4, 0.5) is 16.2 Å². The van der Waals surface area contributed by atoms with Crippen molar-refractivity contribution in [2.45, 2.75) is 6.54 Å². The van der Waals surface area contributed by atoms with E-state index in [2.05, 4.69) is 10.6 Å². The minimum atomic E-state index is -0.352. The summed E-state index contributed by atoms with van der Waals surface area (Å²) < 4.78 is 0. The van der Waals surface area contributed by atoms with Gasteiger partial charge in [0.05, 0.1) is 11.4 Å². The molecule has 1 aliphatic heterocycles. The van der Waals surface area contributed by atoms with E-state index in [4.69, 9.17) is 0 Å². The van der Waals surface area contributed by atoms with E-state index in [0.29, 0.717) is 31.0 Å². The lowest BCUT2D eigenvalue weighted by molar-refractivity contribution is -0.123. The third kappa shape index (κ3) is 5.36. The molecule has 0 aliphatic carbocycles. The normalized spacial score (nSPS) is 13.2. The molecule has 3 rings (SSSR count). The first-order valence-electron chi connectivity index (χ1n) is 9.86. The summed E-state index contributed by atoms with van der Waals surface area (Å²) in [5, 5.41) is 5.67. The number of urea groups is 1. The van der Waals surface area contributed by atoms with E-state index < -0.39 is 0 Å². The van der Waals surface area contributed by atoms with Gasteiger partial charge in [0.1, 0.15) is 13.1 Å². The van der Waals surface area contributed by atoms with E-state index in [0.717, 1.165) is 5.56 Å². The van der Waals surface area contributed by atoms with Crippen molar-refractivity contribution in [3.8, 4) is 0 Å². The van der Waals surface area contributed by atoms with Gasteiger partial charge in [0.25, 0.3) is 0 Å². The number of likely N-dealkylation sites (N-methyl/N-ethyl adjacent to an activating group) is 1. The Morgan fingerprint density at radius 1 is 0.967 bits per heavy atom. The van der Waals surface area contributed by atoms with Gasteiger partial charge in [-0.25, -0.2) is 4.79 Å². The summed E-state index contributed by atoms with van der Waals surface area (Å²) in [6.45, 7) is 1.38. The molecule has 0 saturated heterocycles. The minimum absolute atomic E-state index is 0.0806. The number of hydrogen-bond donors (Lipinski definition) is 2. The Kier molecular flexibility index (Phi) is 7.03. The SMILES string of the molecule is CN(C)CCNC(=O)CN1C(=O)CN(C(=O)NCc2ccccc2)c2ccccc21. The zero-order chi connectivity index (χ0) is 21.5. The van der Waals surface area contributed by atoms with Crippen molar-refractivity contribution in [3.05, 3.63) is 60.2 Å². The van der Waals surface area contributed by atoms with Crippen molar-refractivity contribution < 1.29 is 14.4 Å². The maximum Gasteiger partial charge on any atom is 0.322 e. The first kappa shape index (κ1) is 21.3. The van der Waals surface area contributed by atoms with Crippen LogP contribution in [0.2, 0.25) is 0 Å². The number of fused-ring (bicyclic) bond motifs is 1. The molecule has 158 valence electrons. The topological polar surface area (TPSA) is 85.0 Å². The fraction of sp³-hybridized carbons (Fsp3) is 0.318. The van der Waals surface area contributed by atoms with Gasteiger partial charge in [-0.15, -0.1) is 0 Å². The second-order valence-corrected chi connectivity index (χ2v) is 7.35. The highest BCUT2D eigenvalue weighted by Gasteiger charge is 2.33. The number of anilines is 2. The number of amides is 4. The molecular weight excluding hydrogens is 382 g/mol. The van der Waals surface area contributed by atoms with Gasteiger partial charge >= 0.3 is 6.03 Å². The molecular formula is C22H27N5O3. The molecule has 0 atom stereocenters. The predicted molar refractivity (Wildman–Crippen MR) is 116 cm³/mol. The molecule has 8 nitrogen and oxygen atoms in total. The Bertz CT molecular complexity index is 901. The predicted octanol–water partition coefficient (Wildman–Crippen LogP) is 1.43. The van der Waals surface area contributed by atoms with Crippen molar-refractivity contribution in [1.29, 1.82) is 0 Å². The van der Waals surface area contributed by atoms with Crippen LogP contribution < -0.4 is 20.4 Å². The van der Waals surface area contributed by atoms with Gasteiger partial charge in [0.2, 0.25) is 11.8 Å². The summed E-state index contributed by atoms with van der Waals surface area (Å²) in [5.41, 5.74) is 2.12. The zero-order valence-electron chi connectivity index (χ0n) is 17.3. The molecule has 2 N–H and O–H groups in total. The second kappa shape index (κ2) is 9.89. The van der Waals surface area contributed by atoms with Crippen LogP contribution in [0.5, 0.6) is 0 Å². The van der Waals surface area contributed by atoms with E-state index in [1.54, 1.807) is 24.3 Å². The van der Waals surface area contributed by atoms with E-state index >= 15 is 0 Å². The summed E-state index contributed by atoms with van der Waals surface area (Å²) >= 11 is 0. The highest BCUT2D eigenvalue weighted by molar-refractivity contribution is 6.12. The van der Waals surface area contributed by atoms with Gasteiger partial charge in [-0.2, -0.15) is 0 Å². The minimum Gasteiger partial charge on any atom is -0.353 e. The quantitative estimate of drug-likeness (QED) is 0.725. The molecule has 0 saturated carbocycles. The Morgan fingerprint density at radius 3 is 2.33 bits per heavy atom. The molecule has 2 aromatic rings. The summed E-state index contributed by atoms with van der Waals surface area (Å²) in [5.74, 6) is -0.534. The summed E-state index contributed by atoms with van der Waals surface area (Å²) in [7, 11) is 3.85. The maximum atomic E-state index is 12.8. The van der Waals surface area contributed by atoms with Crippen LogP contribution in [0.25, 0.3) is 0 Å². The van der Waals surface area contributed by atoms with Gasteiger partial charge in [0.15, 0.2) is 0 Å². The molecule has 0 radical (unpaired) electrons. The lowest BCUT2D eigenvalue weighted by Crippen LogP contribution is -2.53. The van der Waals surface area contributed by atoms with Gasteiger partial charge in [-0.05, 0) is 31.8 Å². The standard InChI is InChI=1S/C22H27N5O3/c1-25(2)13-12-23-20(28)15-26-18-10-6-7-11-19(18)27(16-21(26)29)22(30)24-14-17-8-4-3-5-9-17/h3-11H,12-16H2,1-2H3,(H,23,28)(H,24,30). The van der Waals surface area contributed by atoms with Crippen molar-refractivity contribution in [2.24, 2.45) is 0 Å². The van der Waals surface area contributed by atoms with Crippen LogP contribution >= 0.6 is 0 Å². The Morgan fingerprint density at radius 2 is 1.63 bits per heavy atom. The third-order valence-corrected chi connectivity index (χ3v) is 4.77. The van der Waals surface area contributed by atoms with Crippen molar-refractivity contribution in [3.63, 3.8) is 0 Å². The van der Waals surface area contributed by atoms with E-state index in [9.17, 15) is 14.4 Å². The molecule has 1 heterocycles. The number of hydrogen-bond acceptors (Lipinski definition) is 4. The van der Waals surface area contributed by atoms with Crippen LogP contribution in [0.3, 0.4) is 0 Å². The number of rotatable bonds is 7. The van der Waals surface area contributed by atoms with Crippen LogP contribution in [-0.2, 0) is 16.1 Å². The number of nitrogens with one attached hydrogen (secondary N) is 2. The number of nitrogens with zero attached hydrogens (tertiary/aromatic N) is 3. The fourth-order valence-corrected chi connectivity index (χ4v) is 3.20. The van der Waals surface area contributed by atoms with Gasteiger partial charge in [0, 0.05) is 19.6 Å². The third-order valence-electron chi connectivity index (χ3n) is 4.77. The average Bonchev–Trinajstić information content (AvgIpc) is 2.74. The van der Waals surface area contributed by atoms with Crippen LogP contribution in [-0.4, -0.2) is 63.0 Å². The zero-order valence-corrected chi connectivity index (χ0v) is 17.3. The van der Waals surface area contributed by atoms with E-state index in [1.807, 2.05) is 49.3 Å². The Hall–Kier alpha value is -3.39. The second-order valence-electron chi connectivity index (χ2n) is 7.35. The lowest BCUT2D eigenvalue weighted by Gasteiger charge is -2.35. The summed E-state index contributed by atoms with van der Waals surface area (Å²) in [6.07, 6.45) is 0. The Labute approximate surface area is 176 Å². The van der Waals surface area contributed by atoms with E-state index in [-0.39, 0.29) is 30.9 Å². The number of carbonyl (C=O) groups is 3. The fourth-order valence-electron chi connectivity index (χ4n) is 3.20. The van der Waals surface area contributed by atoms with Crippen molar-refractivity contribution >= 4 is 29.2 Å². The highest BCUT2D eigenvalue weighted by Crippen LogP contribution is 2.33. The van der Waals surface area contributed by atoms with Gasteiger partial charge < -0.3 is 15.5 Å². The Balaban J connectivity index is 1.69. The monoisotopic (exact) mass is 409 g/mol. The highest BCUT2D eigenvalue weighted by atomic mass is 16.2. The van der Waals surface area contributed by atoms with Crippen molar-refractivity contribution in [1.82, 2.24) is 15.5 Å². The molecule has 4 amide bonds. The molecule has 30 heavy (non-hydrogen) atoms. The summed E-state index contributed by atoms with van der Waals surface area (Å²) in [4.78, 5) is 42.7. The molecule has 0 unspecified atom stereocenters. The lowest BCUT2D eigenvalue weighted by atomic mass is 10.1. The number of carbonyl (C=O) groups excluding carboxylic acids is 3. The average molecular weight is 409 g/mol. The number of para-hydroxylation sites is 2. The van der Waals surface area contributed by atoms with Gasteiger partial charge in [-0.3, -0.25) is 19.4 Å². The van der Waals surface area contributed by atoms with Crippen LogP contribution in [0, 0.1) is 0 Å². The molecule has 0 bridgehead atoms. The maximum absolute atomic E-state index is 12.8. The summed E-state index contributed by atoms with van der Waals surface area (Å²) in [6, 6.07) is 16.3. The first-order chi connectivity index (χ1) is 14.5. The first-order valence-corrected chi connectivity index (χ1v) is 9.86. The smallest absolute Gasteiger partial charge is 0.322 e. The van der Waals surface area contributed by atoms with Crippen molar-refractivity contribution in [2.75, 3.05) is 50.1 Å².